The van der Waals surface area contributed by atoms with E-state index in [0.29, 0.717) is 5.69 Å². The predicted octanol–water partition coefficient (Wildman–Crippen LogP) is 1.24. The molecule has 1 fully saturated rings. The second kappa shape index (κ2) is 12.6. The van der Waals surface area contributed by atoms with Crippen LogP contribution in [0.5, 0.6) is 0 Å². The largest absolute Gasteiger partial charge is 0.388 e. The molecule has 16 heteroatoms. The van der Waals surface area contributed by atoms with Gasteiger partial charge in [0.15, 0.2) is 23.7 Å². The van der Waals surface area contributed by atoms with Crippen molar-refractivity contribution < 1.29 is 44.8 Å². The van der Waals surface area contributed by atoms with Crippen molar-refractivity contribution >= 4 is 33.8 Å². The smallest absolute Gasteiger partial charge is 0.311 e. The van der Waals surface area contributed by atoms with Crippen LogP contribution in [0.25, 0.3) is 0 Å². The Morgan fingerprint density at radius 3 is 2.41 bits per heavy atom. The first kappa shape index (κ1) is 29.7. The van der Waals surface area contributed by atoms with Crippen LogP contribution in [0.15, 0.2) is 29.3 Å². The van der Waals surface area contributed by atoms with Crippen molar-refractivity contribution in [2.75, 3.05) is 32.0 Å². The van der Waals surface area contributed by atoms with E-state index in [1.807, 2.05) is 0 Å². The maximum atomic E-state index is 14.1. The molecule has 204 valence electrons. The number of carbonyl (C=O) groups excluding carboxylic acids is 3. The summed E-state index contributed by atoms with van der Waals surface area (Å²) >= 11 is 0. The fourth-order valence-electron chi connectivity index (χ4n) is 3.27. The molecule has 2 heterocycles. The molecule has 3 rings (SSSR count). The summed E-state index contributed by atoms with van der Waals surface area (Å²) in [5.41, 5.74) is 0.133. The van der Waals surface area contributed by atoms with Gasteiger partial charge in [0.1, 0.15) is 10.6 Å². The van der Waals surface area contributed by atoms with Gasteiger partial charge in [0.2, 0.25) is 10.0 Å². The zero-order valence-electron chi connectivity index (χ0n) is 19.6. The Balaban J connectivity index is 0.000000402. The summed E-state index contributed by atoms with van der Waals surface area (Å²) < 4.78 is 90.7. The quantitative estimate of drug-likeness (QED) is 0.269. The van der Waals surface area contributed by atoms with Gasteiger partial charge in [0.05, 0.1) is 6.54 Å². The highest BCUT2D eigenvalue weighted by Crippen LogP contribution is 2.20. The topological polar surface area (TPSA) is 130 Å². The molecule has 0 saturated carbocycles. The van der Waals surface area contributed by atoms with Crippen molar-refractivity contribution in [3.8, 4) is 0 Å². The number of anilines is 1. The highest BCUT2D eigenvalue weighted by Gasteiger charge is 2.34. The average Bonchev–Trinajstić information content (AvgIpc) is 3.42. The monoisotopic (exact) mass is 553 g/mol. The van der Waals surface area contributed by atoms with E-state index >= 15 is 0 Å². The number of benzene rings is 1. The maximum absolute atomic E-state index is 14.1. The van der Waals surface area contributed by atoms with Crippen LogP contribution in [0, 0.1) is 17.5 Å². The van der Waals surface area contributed by atoms with Crippen molar-refractivity contribution in [1.82, 2.24) is 19.5 Å². The van der Waals surface area contributed by atoms with Gasteiger partial charge in [-0.05, 0) is 24.6 Å². The number of carbonyl (C=O) groups is 3. The van der Waals surface area contributed by atoms with Crippen molar-refractivity contribution in [2.24, 2.45) is 7.05 Å². The molecule has 1 atom stereocenters. The second-order valence-corrected chi connectivity index (χ2v) is 9.44. The first-order chi connectivity index (χ1) is 17.3. The lowest BCUT2D eigenvalue weighted by Crippen LogP contribution is -2.45. The molecule has 10 nitrogen and oxygen atoms in total. The summed E-state index contributed by atoms with van der Waals surface area (Å²) in [4.78, 5) is 34.5. The lowest BCUT2D eigenvalue weighted by Gasteiger charge is -2.16. The highest BCUT2D eigenvalue weighted by atomic mass is 32.2. The summed E-state index contributed by atoms with van der Waals surface area (Å²) in [6.07, 6.45) is -1.54. The van der Waals surface area contributed by atoms with Crippen LogP contribution in [0.4, 0.5) is 27.6 Å². The fourth-order valence-corrected chi connectivity index (χ4v) is 4.67. The van der Waals surface area contributed by atoms with E-state index in [1.54, 1.807) is 12.4 Å². The Morgan fingerprint density at radius 1 is 1.19 bits per heavy atom. The molecule has 2 amide bonds. The Hall–Kier alpha value is -3.53. The Morgan fingerprint density at radius 2 is 1.86 bits per heavy atom. The number of aldehydes is 1. The fraction of sp³-hybridized carbons (Fsp3) is 0.381. The number of halogens is 5. The molecule has 0 spiro atoms. The number of likely N-dealkylation sites (tertiary alicyclic amines) is 1. The minimum absolute atomic E-state index is 0.0188. The van der Waals surface area contributed by atoms with E-state index in [1.165, 1.54) is 13.1 Å². The van der Waals surface area contributed by atoms with Gasteiger partial charge in [0.25, 0.3) is 6.43 Å². The number of aromatic nitrogens is 1. The van der Waals surface area contributed by atoms with Crippen molar-refractivity contribution in [3.05, 3.63) is 47.5 Å². The Bertz CT molecular complexity index is 1250. The van der Waals surface area contributed by atoms with Gasteiger partial charge < -0.3 is 20.1 Å². The van der Waals surface area contributed by atoms with Crippen molar-refractivity contribution in [3.63, 3.8) is 0 Å². The number of nitrogens with one attached hydrogen (secondary N) is 3. The second-order valence-electron chi connectivity index (χ2n) is 7.76. The zero-order chi connectivity index (χ0) is 27.9. The Labute approximate surface area is 208 Å². The molecule has 0 aliphatic carbocycles. The lowest BCUT2D eigenvalue weighted by atomic mass is 10.3. The SMILES string of the molecule is CNc1ccc(F)c(F)c1.Cn1cc(S(=O)(=O)NC2CCN(C(=O)C(=O)NCC(F)F)C2)c(F)c1C=O. The van der Waals surface area contributed by atoms with Crippen LogP contribution in [0.1, 0.15) is 16.9 Å². The molecule has 0 radical (unpaired) electrons. The van der Waals surface area contributed by atoms with Gasteiger partial charge in [-0.1, -0.05) is 0 Å². The normalized spacial score (nSPS) is 15.2. The third kappa shape index (κ3) is 7.72. The predicted molar refractivity (Wildman–Crippen MR) is 121 cm³/mol. The van der Waals surface area contributed by atoms with Crippen LogP contribution in [0.2, 0.25) is 0 Å². The van der Waals surface area contributed by atoms with Gasteiger partial charge in [-0.2, -0.15) is 0 Å². The molecular weight excluding hydrogens is 529 g/mol. The maximum Gasteiger partial charge on any atom is 0.311 e. The van der Waals surface area contributed by atoms with E-state index in [0.717, 1.165) is 27.8 Å². The Kier molecular flexibility index (Phi) is 10.1. The standard InChI is InChI=1S/C14H17F3N4O5S.C7H7F2N/c1-20-6-10(12(17)9(20)7-22)27(25,26)19-8-2-3-21(5-8)14(24)13(23)18-4-11(15)16;1-10-5-2-3-6(8)7(9)4-5/h6-8,11,19H,2-5H2,1H3,(H,18,23);2-4,10H,1H3. The summed E-state index contributed by atoms with van der Waals surface area (Å²) in [5.74, 6) is -5.13. The van der Waals surface area contributed by atoms with Crippen molar-refractivity contribution in [2.45, 2.75) is 23.8 Å². The number of amides is 2. The highest BCUT2D eigenvalue weighted by molar-refractivity contribution is 7.89. The molecule has 1 aromatic heterocycles. The van der Waals surface area contributed by atoms with E-state index < -0.39 is 68.9 Å². The number of nitrogens with zero attached hydrogens (tertiary/aromatic N) is 2. The van der Waals surface area contributed by atoms with E-state index in [4.69, 9.17) is 0 Å². The first-order valence-electron chi connectivity index (χ1n) is 10.6. The van der Waals surface area contributed by atoms with Crippen molar-refractivity contribution in [1.29, 1.82) is 0 Å². The van der Waals surface area contributed by atoms with E-state index in [2.05, 4.69) is 10.0 Å². The van der Waals surface area contributed by atoms with Gasteiger partial charge >= 0.3 is 11.8 Å². The van der Waals surface area contributed by atoms with Gasteiger partial charge in [-0.15, -0.1) is 0 Å². The summed E-state index contributed by atoms with van der Waals surface area (Å²) in [7, 11) is -1.37. The molecule has 1 saturated heterocycles. The molecule has 1 unspecified atom stereocenters. The molecule has 1 aliphatic heterocycles. The third-order valence-electron chi connectivity index (χ3n) is 5.15. The molecule has 1 aliphatic rings. The molecule has 1 aromatic carbocycles. The number of rotatable bonds is 7. The number of sulfonamides is 1. The lowest BCUT2D eigenvalue weighted by molar-refractivity contribution is -0.145. The minimum Gasteiger partial charge on any atom is -0.388 e. The summed E-state index contributed by atoms with van der Waals surface area (Å²) in [6, 6.07) is 2.86. The summed E-state index contributed by atoms with van der Waals surface area (Å²) in [5, 5.41) is 4.45. The summed E-state index contributed by atoms with van der Waals surface area (Å²) in [6.45, 7) is -1.14. The van der Waals surface area contributed by atoms with Gasteiger partial charge in [-0.3, -0.25) is 14.4 Å². The van der Waals surface area contributed by atoms with Gasteiger partial charge in [0, 0.05) is 45.1 Å². The first-order valence-corrected chi connectivity index (χ1v) is 12.1. The van der Waals surface area contributed by atoms with Crippen LogP contribution in [-0.4, -0.2) is 75.1 Å². The zero-order valence-corrected chi connectivity index (χ0v) is 20.4. The average molecular weight is 554 g/mol. The number of hydrogen-bond acceptors (Lipinski definition) is 6. The van der Waals surface area contributed by atoms with Crippen LogP contribution in [0.3, 0.4) is 0 Å². The van der Waals surface area contributed by atoms with E-state index in [-0.39, 0.29) is 25.8 Å². The molecule has 3 N–H and O–H groups in total. The van der Waals surface area contributed by atoms with Gasteiger partial charge in [-0.25, -0.2) is 35.1 Å². The minimum atomic E-state index is -4.32. The molecule has 2 aromatic rings. The number of hydrogen-bond donors (Lipinski definition) is 3. The molecule has 0 bridgehead atoms. The van der Waals surface area contributed by atoms with Crippen LogP contribution < -0.4 is 15.4 Å². The van der Waals surface area contributed by atoms with Crippen LogP contribution >= 0.6 is 0 Å². The van der Waals surface area contributed by atoms with Crippen LogP contribution in [-0.2, 0) is 26.7 Å². The number of aryl methyl sites for hydroxylation is 1. The third-order valence-corrected chi connectivity index (χ3v) is 6.66. The molecule has 37 heavy (non-hydrogen) atoms. The number of alkyl halides is 2. The van der Waals surface area contributed by atoms with E-state index in [9.17, 15) is 44.8 Å². The molecular formula is C21H24F5N5O5S.